The van der Waals surface area contributed by atoms with Gasteiger partial charge < -0.3 is 0 Å². The predicted octanol–water partition coefficient (Wildman–Crippen LogP) is 3.96. The van der Waals surface area contributed by atoms with E-state index in [2.05, 4.69) is 25.1 Å². The summed E-state index contributed by atoms with van der Waals surface area (Å²) in [6.07, 6.45) is 6.42. The van der Waals surface area contributed by atoms with Crippen molar-refractivity contribution in [1.29, 1.82) is 0 Å². The zero-order valence-electron chi connectivity index (χ0n) is 9.38. The maximum absolute atomic E-state index is 4.26. The van der Waals surface area contributed by atoms with E-state index in [4.69, 9.17) is 0 Å². The molecule has 0 bridgehead atoms. The average molecular weight is 189 g/mol. The van der Waals surface area contributed by atoms with E-state index < -0.39 is 0 Å². The summed E-state index contributed by atoms with van der Waals surface area (Å²) in [5.41, 5.74) is 3.24. The van der Waals surface area contributed by atoms with Crippen molar-refractivity contribution in [3.05, 3.63) is 42.2 Å². The number of rotatable bonds is 3. The molecule has 1 aromatic rings. The van der Waals surface area contributed by atoms with Crippen molar-refractivity contribution in [2.24, 2.45) is 0 Å². The molecule has 0 spiro atoms. The van der Waals surface area contributed by atoms with Gasteiger partial charge in [0.1, 0.15) is 0 Å². The molecule has 1 nitrogen and oxygen atoms in total. The Morgan fingerprint density at radius 1 is 1.21 bits per heavy atom. The molecule has 0 saturated carbocycles. The molecule has 1 heteroatoms. The summed E-state index contributed by atoms with van der Waals surface area (Å²) in [7, 11) is 0. The summed E-state index contributed by atoms with van der Waals surface area (Å²) < 4.78 is 0. The van der Waals surface area contributed by atoms with Gasteiger partial charge in [-0.3, -0.25) is 4.98 Å². The minimum atomic E-state index is 0.957. The van der Waals surface area contributed by atoms with Crippen LogP contribution in [0, 0.1) is 0 Å². The molecule has 0 aliphatic heterocycles. The van der Waals surface area contributed by atoms with E-state index in [0.717, 1.165) is 23.2 Å². The summed E-state index contributed by atoms with van der Waals surface area (Å²) in [6.45, 7) is 13.5. The molecule has 1 heterocycles. The van der Waals surface area contributed by atoms with E-state index in [1.807, 2.05) is 32.2 Å². The maximum atomic E-state index is 4.26. The van der Waals surface area contributed by atoms with Crippen LogP contribution in [0.5, 0.6) is 0 Å². The lowest BCUT2D eigenvalue weighted by Crippen LogP contribution is -1.90. The zero-order valence-corrected chi connectivity index (χ0v) is 9.38. The second-order valence-corrected chi connectivity index (χ2v) is 2.57. The van der Waals surface area contributed by atoms with Crippen LogP contribution in [0.1, 0.15) is 37.6 Å². The van der Waals surface area contributed by atoms with Crippen LogP contribution in [0.4, 0.5) is 0 Å². The van der Waals surface area contributed by atoms with E-state index in [9.17, 15) is 0 Å². The van der Waals surface area contributed by atoms with E-state index >= 15 is 0 Å². The fourth-order valence-corrected chi connectivity index (χ4v) is 1.07. The molecule has 0 unspecified atom stereocenters. The topological polar surface area (TPSA) is 12.9 Å². The molecule has 76 valence electrons. The van der Waals surface area contributed by atoms with Gasteiger partial charge in [0, 0.05) is 11.9 Å². The highest BCUT2D eigenvalue weighted by Gasteiger charge is 1.97. The Balaban J connectivity index is 0.000000791. The monoisotopic (exact) mass is 189 g/mol. The highest BCUT2D eigenvalue weighted by Crippen LogP contribution is 2.12. The number of hydrogen-bond acceptors (Lipinski definition) is 1. The Bertz CT molecular complexity index is 300. The molecule has 0 aliphatic carbocycles. The van der Waals surface area contributed by atoms with Crippen molar-refractivity contribution in [3.63, 3.8) is 0 Å². The van der Waals surface area contributed by atoms with Crippen LogP contribution in [0.25, 0.3) is 12.2 Å². The van der Waals surface area contributed by atoms with Crippen LogP contribution < -0.4 is 0 Å². The second-order valence-electron chi connectivity index (χ2n) is 2.57. The van der Waals surface area contributed by atoms with Gasteiger partial charge in [-0.2, -0.15) is 0 Å². The first-order valence-corrected chi connectivity index (χ1v) is 5.05. The van der Waals surface area contributed by atoms with Crippen molar-refractivity contribution < 1.29 is 0 Å². The molecule has 0 radical (unpaired) electrons. The van der Waals surface area contributed by atoms with Crippen LogP contribution in [0.3, 0.4) is 0 Å². The van der Waals surface area contributed by atoms with E-state index in [1.165, 1.54) is 0 Å². The molecule has 14 heavy (non-hydrogen) atoms. The SMILES string of the molecule is C=Cc1cnc(CC)cc1C=C.CC. The van der Waals surface area contributed by atoms with Gasteiger partial charge in [-0.25, -0.2) is 0 Å². The largest absolute Gasteiger partial charge is 0.261 e. The van der Waals surface area contributed by atoms with Crippen molar-refractivity contribution in [3.8, 4) is 0 Å². The normalized spacial score (nSPS) is 8.50. The lowest BCUT2D eigenvalue weighted by Gasteiger charge is -2.01. The third-order valence-electron chi connectivity index (χ3n) is 1.83. The maximum Gasteiger partial charge on any atom is 0.0407 e. The van der Waals surface area contributed by atoms with Gasteiger partial charge in [0.25, 0.3) is 0 Å². The third kappa shape index (κ3) is 3.17. The van der Waals surface area contributed by atoms with Gasteiger partial charge in [-0.1, -0.05) is 46.1 Å². The molecule has 0 saturated heterocycles. The molecular formula is C13H19N. The Kier molecular flexibility index (Phi) is 6.38. The molecule has 0 atom stereocenters. The van der Waals surface area contributed by atoms with Crippen molar-refractivity contribution >= 4 is 12.2 Å². The van der Waals surface area contributed by atoms with Gasteiger partial charge in [0.15, 0.2) is 0 Å². The third-order valence-corrected chi connectivity index (χ3v) is 1.83. The number of aryl methyl sites for hydroxylation is 1. The quantitative estimate of drug-likeness (QED) is 0.701. The van der Waals surface area contributed by atoms with Gasteiger partial charge >= 0.3 is 0 Å². The van der Waals surface area contributed by atoms with Gasteiger partial charge in [0.05, 0.1) is 0 Å². The Morgan fingerprint density at radius 2 is 1.79 bits per heavy atom. The van der Waals surface area contributed by atoms with Crippen LogP contribution in [0.15, 0.2) is 25.4 Å². The van der Waals surface area contributed by atoms with Crippen LogP contribution in [-0.4, -0.2) is 4.98 Å². The second kappa shape index (κ2) is 7.07. The van der Waals surface area contributed by atoms with Crippen molar-refractivity contribution in [2.75, 3.05) is 0 Å². The lowest BCUT2D eigenvalue weighted by molar-refractivity contribution is 1.03. The first-order chi connectivity index (χ1) is 6.81. The Labute approximate surface area is 87.2 Å². The standard InChI is InChI=1S/C11H13N.C2H6/c1-4-9-7-11(6-3)12-8-10(9)5-2;1-2/h4-5,7-8H,1-2,6H2,3H3;1-2H3. The summed E-state index contributed by atoms with van der Waals surface area (Å²) in [4.78, 5) is 4.26. The van der Waals surface area contributed by atoms with Gasteiger partial charge in [-0.15, -0.1) is 0 Å². The molecule has 0 amide bonds. The highest BCUT2D eigenvalue weighted by atomic mass is 14.7. The molecular weight excluding hydrogens is 170 g/mol. The van der Waals surface area contributed by atoms with Crippen molar-refractivity contribution in [1.82, 2.24) is 4.98 Å². The summed E-state index contributed by atoms with van der Waals surface area (Å²) >= 11 is 0. The first kappa shape index (κ1) is 12.6. The Morgan fingerprint density at radius 3 is 2.21 bits per heavy atom. The van der Waals surface area contributed by atoms with E-state index in [0.29, 0.717) is 0 Å². The Hall–Kier alpha value is -1.37. The lowest BCUT2D eigenvalue weighted by atomic mass is 10.1. The van der Waals surface area contributed by atoms with Crippen LogP contribution in [-0.2, 0) is 6.42 Å². The zero-order chi connectivity index (χ0) is 11.0. The molecule has 0 aromatic carbocycles. The molecule has 0 N–H and O–H groups in total. The molecule has 1 aromatic heterocycles. The number of pyridine rings is 1. The average Bonchev–Trinajstić information content (AvgIpc) is 2.30. The number of hydrogen-bond donors (Lipinski definition) is 0. The van der Waals surface area contributed by atoms with Crippen LogP contribution in [0.2, 0.25) is 0 Å². The van der Waals surface area contributed by atoms with E-state index in [1.54, 1.807) is 6.08 Å². The van der Waals surface area contributed by atoms with E-state index in [-0.39, 0.29) is 0 Å². The number of nitrogens with zero attached hydrogens (tertiary/aromatic N) is 1. The minimum absolute atomic E-state index is 0.957. The molecule has 0 aliphatic rings. The van der Waals surface area contributed by atoms with Crippen molar-refractivity contribution in [2.45, 2.75) is 27.2 Å². The fourth-order valence-electron chi connectivity index (χ4n) is 1.07. The molecule has 1 rings (SSSR count). The predicted molar refractivity (Wildman–Crippen MR) is 65.1 cm³/mol. The van der Waals surface area contributed by atoms with Gasteiger partial charge in [0.2, 0.25) is 0 Å². The summed E-state index contributed by atoms with van der Waals surface area (Å²) in [6, 6.07) is 2.05. The minimum Gasteiger partial charge on any atom is -0.261 e. The summed E-state index contributed by atoms with van der Waals surface area (Å²) in [5.74, 6) is 0. The molecule has 0 fully saturated rings. The first-order valence-electron chi connectivity index (χ1n) is 5.05. The summed E-state index contributed by atoms with van der Waals surface area (Å²) in [5, 5.41) is 0. The fraction of sp³-hybridized carbons (Fsp3) is 0.308. The van der Waals surface area contributed by atoms with Crippen LogP contribution >= 0.6 is 0 Å². The van der Waals surface area contributed by atoms with Gasteiger partial charge in [-0.05, 0) is 23.6 Å². The number of aromatic nitrogens is 1. The smallest absolute Gasteiger partial charge is 0.0407 e. The highest BCUT2D eigenvalue weighted by molar-refractivity contribution is 5.62.